The predicted octanol–water partition coefficient (Wildman–Crippen LogP) is 3.38. The number of benzene rings is 2. The molecule has 2 aromatic carbocycles. The van der Waals surface area contributed by atoms with Gasteiger partial charge in [-0.25, -0.2) is 4.99 Å². The molecule has 8 nitrogen and oxygen atoms in total. The first-order valence-corrected chi connectivity index (χ1v) is 12.2. The summed E-state index contributed by atoms with van der Waals surface area (Å²) in [6.07, 6.45) is 7.04. The molecule has 8 heteroatoms. The zero-order valence-corrected chi connectivity index (χ0v) is 20.0. The number of rotatable bonds is 4. The van der Waals surface area contributed by atoms with Gasteiger partial charge in [0.25, 0.3) is 5.91 Å². The van der Waals surface area contributed by atoms with Crippen molar-refractivity contribution in [3.63, 3.8) is 0 Å². The van der Waals surface area contributed by atoms with E-state index in [-0.39, 0.29) is 29.3 Å². The Hall–Kier alpha value is -4.17. The zero-order valence-electron chi connectivity index (χ0n) is 20.0. The van der Waals surface area contributed by atoms with Crippen LogP contribution in [0.15, 0.2) is 71.4 Å². The molecular weight excluding hydrogens is 454 g/mol. The number of nitrogens with one attached hydrogen (secondary N) is 2. The fourth-order valence-electron chi connectivity index (χ4n) is 5.06. The summed E-state index contributed by atoms with van der Waals surface area (Å²) < 4.78 is 0. The van der Waals surface area contributed by atoms with E-state index in [0.29, 0.717) is 33.3 Å². The molecule has 1 atom stereocenters. The van der Waals surface area contributed by atoms with E-state index in [0.717, 1.165) is 32.6 Å². The summed E-state index contributed by atoms with van der Waals surface area (Å²) in [6.45, 7) is 4.12. The first kappa shape index (κ1) is 22.3. The number of aliphatic imine (C=N–C) groups is 1. The third kappa shape index (κ3) is 3.89. The van der Waals surface area contributed by atoms with Crippen LogP contribution in [-0.4, -0.2) is 76.6 Å². The lowest BCUT2D eigenvalue weighted by molar-refractivity contribution is 0.0944. The van der Waals surface area contributed by atoms with Gasteiger partial charge in [-0.15, -0.1) is 0 Å². The molecule has 3 heterocycles. The van der Waals surface area contributed by atoms with Gasteiger partial charge in [-0.05, 0) is 49.9 Å². The van der Waals surface area contributed by atoms with E-state index in [2.05, 4.69) is 44.3 Å². The molecule has 3 N–H and O–H groups in total. The SMILES string of the molecule is CN1CCN(C2=CCC(NC(=O)c3ccc4[nH]c(O)c(C5=Nc6ccccc6C5=O)c4c3)C=C2)CC1. The number of aromatic nitrogens is 1. The second-order valence-corrected chi connectivity index (χ2v) is 9.51. The number of hydrogen-bond acceptors (Lipinski definition) is 6. The van der Waals surface area contributed by atoms with E-state index in [1.165, 1.54) is 5.70 Å². The summed E-state index contributed by atoms with van der Waals surface area (Å²) in [5.41, 5.74) is 3.87. The minimum Gasteiger partial charge on any atom is -0.494 e. The van der Waals surface area contributed by atoms with Crippen LogP contribution < -0.4 is 5.32 Å². The number of para-hydroxylation sites is 1. The summed E-state index contributed by atoms with van der Waals surface area (Å²) in [6, 6.07) is 12.2. The van der Waals surface area contributed by atoms with Crippen LogP contribution in [0.2, 0.25) is 0 Å². The molecule has 6 rings (SSSR count). The number of nitrogens with zero attached hydrogens (tertiary/aromatic N) is 3. The molecular formula is C28H27N5O3. The number of aromatic amines is 1. The number of H-pyrrole nitrogens is 1. The molecule has 1 aliphatic carbocycles. The van der Waals surface area contributed by atoms with E-state index in [4.69, 9.17) is 0 Å². The maximum absolute atomic E-state index is 13.1. The van der Waals surface area contributed by atoms with Crippen molar-refractivity contribution < 1.29 is 14.7 Å². The number of ketones is 1. The number of likely N-dealkylation sites (N-methyl/N-ethyl adjacent to an activating group) is 1. The smallest absolute Gasteiger partial charge is 0.251 e. The summed E-state index contributed by atoms with van der Waals surface area (Å²) in [5.74, 6) is -0.594. The summed E-state index contributed by atoms with van der Waals surface area (Å²) in [5, 5.41) is 14.3. The molecule has 0 saturated carbocycles. The Balaban J connectivity index is 1.20. The Morgan fingerprint density at radius 2 is 1.94 bits per heavy atom. The van der Waals surface area contributed by atoms with Gasteiger partial charge in [-0.1, -0.05) is 24.3 Å². The first-order chi connectivity index (χ1) is 17.5. The lowest BCUT2D eigenvalue weighted by Gasteiger charge is -2.35. The van der Waals surface area contributed by atoms with Crippen molar-refractivity contribution in [1.29, 1.82) is 0 Å². The van der Waals surface area contributed by atoms with Crippen LogP contribution in [0, 0.1) is 0 Å². The lowest BCUT2D eigenvalue weighted by Crippen LogP contribution is -2.44. The Labute approximate surface area is 208 Å². The van der Waals surface area contributed by atoms with Gasteiger partial charge in [0.1, 0.15) is 5.71 Å². The van der Waals surface area contributed by atoms with Crippen molar-refractivity contribution in [2.45, 2.75) is 12.5 Å². The van der Waals surface area contributed by atoms with Gasteiger partial charge < -0.3 is 25.2 Å². The van der Waals surface area contributed by atoms with Gasteiger partial charge in [0.2, 0.25) is 5.78 Å². The normalized spacial score (nSPS) is 19.9. The highest BCUT2D eigenvalue weighted by molar-refractivity contribution is 6.56. The van der Waals surface area contributed by atoms with Gasteiger partial charge >= 0.3 is 0 Å². The standard InChI is InChI=1S/C28H27N5O3/c1-32-12-14-33(15-13-32)19-9-7-18(8-10-19)29-27(35)17-6-11-23-21(16-17)24(28(36)31-23)25-26(34)20-4-2-3-5-22(20)30-25/h2-7,9-11,16,18,31,36H,8,12-15H2,1H3,(H,29,35). The molecule has 182 valence electrons. The molecule has 1 fully saturated rings. The maximum Gasteiger partial charge on any atom is 0.251 e. The van der Waals surface area contributed by atoms with Crippen LogP contribution in [-0.2, 0) is 0 Å². The minimum atomic E-state index is -0.244. The van der Waals surface area contributed by atoms with Crippen molar-refractivity contribution in [2.75, 3.05) is 33.2 Å². The molecule has 36 heavy (non-hydrogen) atoms. The average molecular weight is 482 g/mol. The second kappa shape index (κ2) is 8.80. The predicted molar refractivity (Wildman–Crippen MR) is 139 cm³/mol. The molecule has 0 bridgehead atoms. The van der Waals surface area contributed by atoms with Gasteiger partial charge in [0, 0.05) is 53.9 Å². The van der Waals surface area contributed by atoms with Crippen molar-refractivity contribution in [1.82, 2.24) is 20.1 Å². The number of aromatic hydroxyl groups is 1. The van der Waals surface area contributed by atoms with E-state index < -0.39 is 0 Å². The van der Waals surface area contributed by atoms with E-state index in [9.17, 15) is 14.7 Å². The highest BCUT2D eigenvalue weighted by atomic mass is 16.3. The van der Waals surface area contributed by atoms with E-state index in [1.807, 2.05) is 12.1 Å². The van der Waals surface area contributed by atoms with Gasteiger partial charge in [0.05, 0.1) is 17.3 Å². The molecule has 1 amide bonds. The van der Waals surface area contributed by atoms with E-state index >= 15 is 0 Å². The lowest BCUT2D eigenvalue weighted by atomic mass is 10.0. The molecule has 3 aromatic rings. The van der Waals surface area contributed by atoms with Crippen molar-refractivity contribution in [2.24, 2.45) is 4.99 Å². The van der Waals surface area contributed by atoms with Crippen molar-refractivity contribution in [3.8, 4) is 5.88 Å². The third-order valence-electron chi connectivity index (χ3n) is 7.14. The summed E-state index contributed by atoms with van der Waals surface area (Å²) in [7, 11) is 2.14. The number of piperazine rings is 1. The molecule has 1 saturated heterocycles. The van der Waals surface area contributed by atoms with Crippen LogP contribution in [0.25, 0.3) is 10.9 Å². The Morgan fingerprint density at radius 1 is 1.14 bits per heavy atom. The number of fused-ring (bicyclic) bond motifs is 2. The Bertz CT molecular complexity index is 1470. The number of carbonyl (C=O) groups excluding carboxylic acids is 2. The highest BCUT2D eigenvalue weighted by Crippen LogP contribution is 2.35. The number of allylic oxidation sites excluding steroid dienone is 1. The molecule has 1 aromatic heterocycles. The fourth-order valence-corrected chi connectivity index (χ4v) is 5.06. The number of carbonyl (C=O) groups is 2. The highest BCUT2D eigenvalue weighted by Gasteiger charge is 2.30. The van der Waals surface area contributed by atoms with Crippen LogP contribution in [0.3, 0.4) is 0 Å². The van der Waals surface area contributed by atoms with Gasteiger partial charge in [0.15, 0.2) is 5.88 Å². The topological polar surface area (TPSA) is 101 Å². The zero-order chi connectivity index (χ0) is 24.8. The Kier molecular flexibility index (Phi) is 5.45. The number of amides is 1. The van der Waals surface area contributed by atoms with Crippen LogP contribution in [0.5, 0.6) is 5.88 Å². The third-order valence-corrected chi connectivity index (χ3v) is 7.14. The van der Waals surface area contributed by atoms with Crippen LogP contribution in [0.4, 0.5) is 5.69 Å². The summed E-state index contributed by atoms with van der Waals surface area (Å²) in [4.78, 5) is 38.2. The molecule has 0 radical (unpaired) electrons. The van der Waals surface area contributed by atoms with Gasteiger partial charge in [-0.3, -0.25) is 9.59 Å². The number of Topliss-reactive ketones (excluding diaryl/α,β-unsaturated/α-hetero) is 1. The average Bonchev–Trinajstić information content (AvgIpc) is 3.39. The Morgan fingerprint density at radius 3 is 2.69 bits per heavy atom. The van der Waals surface area contributed by atoms with E-state index in [1.54, 1.807) is 36.4 Å². The minimum absolute atomic E-state index is 0.0983. The molecule has 2 aliphatic heterocycles. The van der Waals surface area contributed by atoms with Crippen LogP contribution in [0.1, 0.15) is 32.7 Å². The molecule has 0 spiro atoms. The second-order valence-electron chi connectivity index (χ2n) is 9.51. The quantitative estimate of drug-likeness (QED) is 0.530. The van der Waals surface area contributed by atoms with Gasteiger partial charge in [-0.2, -0.15) is 0 Å². The monoisotopic (exact) mass is 481 g/mol. The largest absolute Gasteiger partial charge is 0.494 e. The van der Waals surface area contributed by atoms with Crippen LogP contribution >= 0.6 is 0 Å². The van der Waals surface area contributed by atoms with Crippen molar-refractivity contribution >= 4 is 34.0 Å². The maximum atomic E-state index is 13.1. The first-order valence-electron chi connectivity index (χ1n) is 12.2. The summed E-state index contributed by atoms with van der Waals surface area (Å²) >= 11 is 0. The fraction of sp³-hybridized carbons (Fsp3) is 0.250. The molecule has 3 aliphatic rings. The molecule has 1 unspecified atom stereocenters. The number of hydrogen-bond donors (Lipinski definition) is 3. The van der Waals surface area contributed by atoms with Crippen molar-refractivity contribution in [3.05, 3.63) is 83.1 Å².